The van der Waals surface area contributed by atoms with Gasteiger partial charge in [0, 0.05) is 35.1 Å². The predicted molar refractivity (Wildman–Crippen MR) is 97.7 cm³/mol. The van der Waals surface area contributed by atoms with Crippen LogP contribution in [0.4, 0.5) is 0 Å². The van der Waals surface area contributed by atoms with E-state index < -0.39 is 5.97 Å². The molecule has 0 atom stereocenters. The van der Waals surface area contributed by atoms with Crippen LogP contribution in [0, 0.1) is 11.8 Å². The summed E-state index contributed by atoms with van der Waals surface area (Å²) in [5, 5.41) is 10.6. The third kappa shape index (κ3) is 3.72. The van der Waals surface area contributed by atoms with Crippen molar-refractivity contribution in [3.05, 3.63) is 58.9 Å². The first-order chi connectivity index (χ1) is 12.6. The Kier molecular flexibility index (Phi) is 5.27. The van der Waals surface area contributed by atoms with Crippen molar-refractivity contribution in [1.82, 2.24) is 4.98 Å². The van der Waals surface area contributed by atoms with Gasteiger partial charge in [-0.05, 0) is 55.0 Å². The fourth-order valence-electron chi connectivity index (χ4n) is 3.53. The first-order valence-electron chi connectivity index (χ1n) is 9.00. The zero-order valence-corrected chi connectivity index (χ0v) is 15.2. The molecule has 0 bridgehead atoms. The summed E-state index contributed by atoms with van der Waals surface area (Å²) in [6.45, 7) is 5.23. The summed E-state index contributed by atoms with van der Waals surface area (Å²) in [7, 11) is 0. The molecule has 0 radical (unpaired) electrons. The number of hydrogen-bond acceptors (Lipinski definition) is 4. The topological polar surface area (TPSA) is 62.2 Å². The lowest BCUT2D eigenvalue weighted by Crippen LogP contribution is -2.31. The van der Waals surface area contributed by atoms with E-state index in [1.807, 2.05) is 12.1 Å². The number of hydrogen-bond donors (Lipinski definition) is 0. The average Bonchev–Trinajstić information content (AvgIpc) is 2.66. The molecule has 0 unspecified atom stereocenters. The molecule has 0 saturated heterocycles. The molecule has 3 rings (SSSR count). The molecule has 0 fully saturated rings. The number of aliphatic carboxylic acids is 1. The van der Waals surface area contributed by atoms with Crippen LogP contribution in [-0.4, -0.2) is 17.6 Å². The average molecular weight is 348 g/mol. The monoisotopic (exact) mass is 348 g/mol. The maximum Gasteiger partial charge on any atom is 0.123 e. The first kappa shape index (κ1) is 18.0. The van der Waals surface area contributed by atoms with E-state index in [0.717, 1.165) is 37.2 Å². The molecule has 0 saturated carbocycles. The number of fused-ring (bicyclic) bond motifs is 1. The van der Waals surface area contributed by atoms with Crippen molar-refractivity contribution in [2.24, 2.45) is 0 Å². The highest BCUT2D eigenvalue weighted by atomic mass is 16.5. The highest BCUT2D eigenvalue weighted by Gasteiger charge is 2.34. The summed E-state index contributed by atoms with van der Waals surface area (Å²) in [6.07, 6.45) is 4.59. The Bertz CT molecular complexity index is 855. The highest BCUT2D eigenvalue weighted by Crippen LogP contribution is 2.43. The van der Waals surface area contributed by atoms with E-state index in [9.17, 15) is 9.90 Å². The van der Waals surface area contributed by atoms with Gasteiger partial charge in [-0.25, -0.2) is 4.98 Å². The Hall–Kier alpha value is -2.80. The maximum atomic E-state index is 10.6. The SMILES string of the molecule is CCC1(CC)CCOc2ccc(C#Cc3ccc(CC(=O)[O-])cn3)cc21. The van der Waals surface area contributed by atoms with Gasteiger partial charge in [-0.15, -0.1) is 0 Å². The lowest BCUT2D eigenvalue weighted by molar-refractivity contribution is -0.304. The molecule has 0 N–H and O–H groups in total. The number of benzene rings is 1. The van der Waals surface area contributed by atoms with Crippen LogP contribution in [-0.2, 0) is 16.6 Å². The zero-order valence-electron chi connectivity index (χ0n) is 15.2. The highest BCUT2D eigenvalue weighted by molar-refractivity contribution is 5.67. The summed E-state index contributed by atoms with van der Waals surface area (Å²) < 4.78 is 5.83. The van der Waals surface area contributed by atoms with Crippen LogP contribution < -0.4 is 9.84 Å². The number of carboxylic acid groups (broad SMARTS) is 1. The Labute approximate surface area is 154 Å². The van der Waals surface area contributed by atoms with Gasteiger partial charge in [0.2, 0.25) is 0 Å². The molecule has 0 aliphatic carbocycles. The van der Waals surface area contributed by atoms with Crippen molar-refractivity contribution in [2.75, 3.05) is 6.61 Å². The minimum absolute atomic E-state index is 0.137. The summed E-state index contributed by atoms with van der Waals surface area (Å²) in [5.41, 5.74) is 3.56. The van der Waals surface area contributed by atoms with Gasteiger partial charge >= 0.3 is 0 Å². The van der Waals surface area contributed by atoms with Gasteiger partial charge < -0.3 is 14.6 Å². The fraction of sp³-hybridized carbons (Fsp3) is 0.364. The summed E-state index contributed by atoms with van der Waals surface area (Å²) in [4.78, 5) is 14.8. The summed E-state index contributed by atoms with van der Waals surface area (Å²) in [5.74, 6) is 6.06. The van der Waals surface area contributed by atoms with E-state index in [0.29, 0.717) is 11.3 Å². The van der Waals surface area contributed by atoms with Crippen LogP contribution in [0.2, 0.25) is 0 Å². The van der Waals surface area contributed by atoms with Crippen molar-refractivity contribution in [2.45, 2.75) is 44.9 Å². The molecule has 134 valence electrons. The second kappa shape index (κ2) is 7.61. The largest absolute Gasteiger partial charge is 0.550 e. The number of carbonyl (C=O) groups excluding carboxylic acids is 1. The molecular formula is C22H22NO3-. The van der Waals surface area contributed by atoms with Gasteiger partial charge in [0.15, 0.2) is 0 Å². The molecule has 26 heavy (non-hydrogen) atoms. The van der Waals surface area contributed by atoms with E-state index in [1.165, 1.54) is 11.8 Å². The van der Waals surface area contributed by atoms with E-state index in [4.69, 9.17) is 4.74 Å². The van der Waals surface area contributed by atoms with Crippen LogP contribution in [0.1, 0.15) is 55.5 Å². The third-order valence-corrected chi connectivity index (χ3v) is 5.25. The van der Waals surface area contributed by atoms with Crippen molar-refractivity contribution in [3.63, 3.8) is 0 Å². The van der Waals surface area contributed by atoms with Crippen LogP contribution >= 0.6 is 0 Å². The van der Waals surface area contributed by atoms with Gasteiger partial charge in [-0.3, -0.25) is 0 Å². The van der Waals surface area contributed by atoms with Crippen LogP contribution in [0.25, 0.3) is 0 Å². The smallest absolute Gasteiger partial charge is 0.123 e. The van der Waals surface area contributed by atoms with Gasteiger partial charge in [-0.2, -0.15) is 0 Å². The van der Waals surface area contributed by atoms with E-state index in [2.05, 4.69) is 36.7 Å². The number of pyridine rings is 1. The lowest BCUT2D eigenvalue weighted by Gasteiger charge is -2.37. The van der Waals surface area contributed by atoms with Crippen molar-refractivity contribution in [3.8, 4) is 17.6 Å². The molecule has 2 heterocycles. The van der Waals surface area contributed by atoms with E-state index in [-0.39, 0.29) is 11.8 Å². The Morgan fingerprint density at radius 1 is 1.23 bits per heavy atom. The van der Waals surface area contributed by atoms with Crippen molar-refractivity contribution >= 4 is 5.97 Å². The normalized spacial score (nSPS) is 14.5. The Balaban J connectivity index is 1.86. The fourth-order valence-corrected chi connectivity index (χ4v) is 3.53. The van der Waals surface area contributed by atoms with Crippen LogP contribution in [0.5, 0.6) is 5.75 Å². The number of ether oxygens (including phenoxy) is 1. The summed E-state index contributed by atoms with van der Waals surface area (Å²) in [6, 6.07) is 9.56. The van der Waals surface area contributed by atoms with Gasteiger partial charge in [0.05, 0.1) is 6.61 Å². The number of carboxylic acids is 1. The third-order valence-electron chi connectivity index (χ3n) is 5.25. The second-order valence-corrected chi connectivity index (χ2v) is 6.65. The molecule has 1 aliphatic heterocycles. The molecule has 4 nitrogen and oxygen atoms in total. The minimum Gasteiger partial charge on any atom is -0.550 e. The molecule has 2 aromatic rings. The quantitative estimate of drug-likeness (QED) is 0.797. The first-order valence-corrected chi connectivity index (χ1v) is 9.00. The molecule has 1 aliphatic rings. The number of carbonyl (C=O) groups is 1. The van der Waals surface area contributed by atoms with E-state index in [1.54, 1.807) is 12.1 Å². The summed E-state index contributed by atoms with van der Waals surface area (Å²) >= 11 is 0. The van der Waals surface area contributed by atoms with Crippen LogP contribution in [0.3, 0.4) is 0 Å². The predicted octanol–water partition coefficient (Wildman–Crippen LogP) is 2.61. The molecule has 4 heteroatoms. The van der Waals surface area contributed by atoms with Crippen molar-refractivity contribution in [1.29, 1.82) is 0 Å². The van der Waals surface area contributed by atoms with E-state index >= 15 is 0 Å². The van der Waals surface area contributed by atoms with Crippen molar-refractivity contribution < 1.29 is 14.6 Å². The molecule has 1 aromatic carbocycles. The van der Waals surface area contributed by atoms with Crippen LogP contribution in [0.15, 0.2) is 36.5 Å². The minimum atomic E-state index is -1.11. The second-order valence-electron chi connectivity index (χ2n) is 6.65. The zero-order chi connectivity index (χ0) is 18.6. The van der Waals surface area contributed by atoms with Gasteiger partial charge in [0.1, 0.15) is 11.4 Å². The lowest BCUT2D eigenvalue weighted by atomic mass is 9.71. The van der Waals surface area contributed by atoms with Gasteiger partial charge in [0.25, 0.3) is 0 Å². The maximum absolute atomic E-state index is 10.6. The number of rotatable bonds is 4. The Morgan fingerprint density at radius 2 is 2.04 bits per heavy atom. The Morgan fingerprint density at radius 3 is 2.69 bits per heavy atom. The van der Waals surface area contributed by atoms with Gasteiger partial charge in [-0.1, -0.05) is 25.8 Å². The number of aromatic nitrogens is 1. The standard InChI is InChI=1S/C22H23NO3/c1-3-22(4-2)11-12-26-20-10-7-16(13-19(20)22)5-8-18-9-6-17(15-23-18)14-21(24)25/h6-7,9-10,13,15H,3-4,11-12,14H2,1-2H3,(H,24,25)/p-1. The number of nitrogens with zero attached hydrogens (tertiary/aromatic N) is 1. The molecule has 0 amide bonds. The molecule has 0 spiro atoms. The molecule has 1 aromatic heterocycles. The molecular weight excluding hydrogens is 326 g/mol.